The topological polar surface area (TPSA) is 43.1 Å². The maximum absolute atomic E-state index is 11.4. The zero-order valence-corrected chi connectivity index (χ0v) is 9.34. The first-order valence-corrected chi connectivity index (χ1v) is 5.50. The molecule has 1 amide bonds. The van der Waals surface area contributed by atoms with Gasteiger partial charge in [-0.15, -0.1) is 0 Å². The summed E-state index contributed by atoms with van der Waals surface area (Å²) in [6, 6.07) is 4.07. The van der Waals surface area contributed by atoms with Gasteiger partial charge in [-0.05, 0) is 55.4 Å². The molecule has 0 heterocycles. The van der Waals surface area contributed by atoms with Crippen molar-refractivity contribution in [1.82, 2.24) is 0 Å². The van der Waals surface area contributed by atoms with Gasteiger partial charge in [-0.25, -0.2) is 0 Å². The Morgan fingerprint density at radius 1 is 1.27 bits per heavy atom. The van der Waals surface area contributed by atoms with Crippen LogP contribution in [-0.4, -0.2) is 5.91 Å². The first-order chi connectivity index (χ1) is 7.09. The third kappa shape index (κ3) is 1.76. The van der Waals surface area contributed by atoms with E-state index in [0.717, 1.165) is 16.7 Å². The van der Waals surface area contributed by atoms with Crippen LogP contribution in [0, 0.1) is 13.8 Å². The van der Waals surface area contributed by atoms with E-state index in [-0.39, 0.29) is 5.91 Å². The summed E-state index contributed by atoms with van der Waals surface area (Å²) in [5.41, 5.74) is 9.70. The third-order valence-electron chi connectivity index (χ3n) is 3.48. The Morgan fingerprint density at radius 3 is 2.33 bits per heavy atom. The summed E-state index contributed by atoms with van der Waals surface area (Å²) >= 11 is 0. The van der Waals surface area contributed by atoms with Crippen molar-refractivity contribution in [3.8, 4) is 0 Å². The lowest BCUT2D eigenvalue weighted by atomic mass is 9.77. The Morgan fingerprint density at radius 2 is 1.87 bits per heavy atom. The molecule has 1 aliphatic rings. The number of carbonyl (C=O) groups is 1. The molecule has 2 rings (SSSR count). The lowest BCUT2D eigenvalue weighted by Crippen LogP contribution is -2.19. The Hall–Kier alpha value is -1.31. The van der Waals surface area contributed by atoms with E-state index < -0.39 is 0 Å². The van der Waals surface area contributed by atoms with Crippen molar-refractivity contribution in [3.63, 3.8) is 0 Å². The van der Waals surface area contributed by atoms with E-state index in [4.69, 9.17) is 5.73 Å². The van der Waals surface area contributed by atoms with Crippen molar-refractivity contribution in [2.24, 2.45) is 5.73 Å². The van der Waals surface area contributed by atoms with E-state index in [0.29, 0.717) is 5.92 Å². The van der Waals surface area contributed by atoms with Gasteiger partial charge in [-0.2, -0.15) is 0 Å². The van der Waals surface area contributed by atoms with Crippen LogP contribution in [0.3, 0.4) is 0 Å². The van der Waals surface area contributed by atoms with Gasteiger partial charge in [0.25, 0.3) is 0 Å². The normalized spacial score (nSPS) is 16.1. The Kier molecular flexibility index (Phi) is 2.51. The molecule has 1 saturated carbocycles. The molecular formula is C13H17NO. The Bertz CT molecular complexity index is 405. The van der Waals surface area contributed by atoms with Crippen LogP contribution >= 0.6 is 0 Å². The fourth-order valence-corrected chi connectivity index (χ4v) is 2.11. The van der Waals surface area contributed by atoms with Crippen molar-refractivity contribution in [3.05, 3.63) is 34.4 Å². The number of carbonyl (C=O) groups excluding carboxylic acids is 1. The first kappa shape index (κ1) is 10.2. The predicted molar refractivity (Wildman–Crippen MR) is 61.0 cm³/mol. The molecule has 1 aromatic carbocycles. The average molecular weight is 203 g/mol. The minimum Gasteiger partial charge on any atom is -0.366 e. The van der Waals surface area contributed by atoms with Gasteiger partial charge < -0.3 is 5.73 Å². The van der Waals surface area contributed by atoms with Gasteiger partial charge in [-0.3, -0.25) is 4.79 Å². The molecule has 0 aromatic heterocycles. The molecule has 2 N–H and O–H groups in total. The minimum absolute atomic E-state index is 0.292. The summed E-state index contributed by atoms with van der Waals surface area (Å²) in [6.07, 6.45) is 3.67. The zero-order valence-electron chi connectivity index (χ0n) is 9.34. The van der Waals surface area contributed by atoms with Gasteiger partial charge >= 0.3 is 0 Å². The van der Waals surface area contributed by atoms with Crippen molar-refractivity contribution in [2.45, 2.75) is 39.0 Å². The molecular weight excluding hydrogens is 186 g/mol. The van der Waals surface area contributed by atoms with Gasteiger partial charge in [0.15, 0.2) is 0 Å². The van der Waals surface area contributed by atoms with Crippen LogP contribution in [0.25, 0.3) is 0 Å². The third-order valence-corrected chi connectivity index (χ3v) is 3.48. The molecule has 80 valence electrons. The summed E-state index contributed by atoms with van der Waals surface area (Å²) in [7, 11) is 0. The largest absolute Gasteiger partial charge is 0.366 e. The molecule has 0 atom stereocenters. The highest BCUT2D eigenvalue weighted by Gasteiger charge is 2.24. The highest BCUT2D eigenvalue weighted by atomic mass is 16.1. The molecule has 0 radical (unpaired) electrons. The van der Waals surface area contributed by atoms with Crippen molar-refractivity contribution in [1.29, 1.82) is 0 Å². The van der Waals surface area contributed by atoms with Gasteiger partial charge in [0.2, 0.25) is 5.91 Å². The van der Waals surface area contributed by atoms with Crippen molar-refractivity contribution in [2.75, 3.05) is 0 Å². The van der Waals surface area contributed by atoms with Crippen LogP contribution in [0.5, 0.6) is 0 Å². The molecule has 2 heteroatoms. The van der Waals surface area contributed by atoms with E-state index in [9.17, 15) is 4.79 Å². The number of benzene rings is 1. The lowest BCUT2D eigenvalue weighted by molar-refractivity contribution is 0.0998. The highest BCUT2D eigenvalue weighted by Crippen LogP contribution is 2.38. The molecule has 0 saturated heterocycles. The first-order valence-electron chi connectivity index (χ1n) is 5.50. The second-order valence-electron chi connectivity index (χ2n) is 4.52. The second kappa shape index (κ2) is 3.69. The highest BCUT2D eigenvalue weighted by molar-refractivity contribution is 5.95. The molecule has 0 bridgehead atoms. The fourth-order valence-electron chi connectivity index (χ4n) is 2.11. The van der Waals surface area contributed by atoms with Crippen LogP contribution in [0.2, 0.25) is 0 Å². The molecule has 0 unspecified atom stereocenters. The Balaban J connectivity index is 2.49. The van der Waals surface area contributed by atoms with E-state index >= 15 is 0 Å². The molecule has 1 fully saturated rings. The van der Waals surface area contributed by atoms with E-state index in [1.54, 1.807) is 0 Å². The molecule has 0 aliphatic heterocycles. The van der Waals surface area contributed by atoms with E-state index in [2.05, 4.69) is 13.0 Å². The number of rotatable bonds is 2. The monoisotopic (exact) mass is 203 g/mol. The number of nitrogens with two attached hydrogens (primary N) is 1. The standard InChI is InChI=1S/C13H17NO/c1-8-6-11(10-4-3-5-10)12(13(14)15)7-9(8)2/h6-7,10H,3-5H2,1-2H3,(H2,14,15). The number of hydrogen-bond donors (Lipinski definition) is 1. The minimum atomic E-state index is -0.292. The fraction of sp³-hybridized carbons (Fsp3) is 0.462. The number of aryl methyl sites for hydroxylation is 2. The number of primary amides is 1. The summed E-state index contributed by atoms with van der Waals surface area (Å²) in [5.74, 6) is 0.270. The molecule has 1 aliphatic carbocycles. The molecule has 0 spiro atoms. The summed E-state index contributed by atoms with van der Waals surface area (Å²) < 4.78 is 0. The lowest BCUT2D eigenvalue weighted by Gasteiger charge is -2.28. The summed E-state index contributed by atoms with van der Waals surface area (Å²) in [4.78, 5) is 11.4. The van der Waals surface area contributed by atoms with Crippen LogP contribution in [-0.2, 0) is 0 Å². The van der Waals surface area contributed by atoms with Crippen LogP contribution in [0.1, 0.15) is 52.2 Å². The van der Waals surface area contributed by atoms with Gasteiger partial charge in [0.1, 0.15) is 0 Å². The SMILES string of the molecule is Cc1cc(C(N)=O)c(C2CCC2)cc1C. The van der Waals surface area contributed by atoms with Crippen LogP contribution in [0.15, 0.2) is 12.1 Å². The molecule has 2 nitrogen and oxygen atoms in total. The average Bonchev–Trinajstić information content (AvgIpc) is 2.07. The second-order valence-corrected chi connectivity index (χ2v) is 4.52. The maximum atomic E-state index is 11.4. The van der Waals surface area contributed by atoms with Gasteiger partial charge in [-0.1, -0.05) is 12.5 Å². The van der Waals surface area contributed by atoms with Crippen molar-refractivity contribution < 1.29 is 4.79 Å². The van der Waals surface area contributed by atoms with Crippen LogP contribution in [0.4, 0.5) is 0 Å². The summed E-state index contributed by atoms with van der Waals surface area (Å²) in [6.45, 7) is 4.11. The molecule has 15 heavy (non-hydrogen) atoms. The van der Waals surface area contributed by atoms with Gasteiger partial charge in [0, 0.05) is 5.56 Å². The van der Waals surface area contributed by atoms with E-state index in [1.807, 2.05) is 13.0 Å². The summed E-state index contributed by atoms with van der Waals surface area (Å²) in [5, 5.41) is 0. The predicted octanol–water partition coefficient (Wildman–Crippen LogP) is 2.67. The quantitative estimate of drug-likeness (QED) is 0.789. The van der Waals surface area contributed by atoms with Gasteiger partial charge in [0.05, 0.1) is 0 Å². The Labute approximate surface area is 90.5 Å². The maximum Gasteiger partial charge on any atom is 0.248 e. The number of amides is 1. The zero-order chi connectivity index (χ0) is 11.0. The van der Waals surface area contributed by atoms with E-state index in [1.165, 1.54) is 24.8 Å². The number of hydrogen-bond acceptors (Lipinski definition) is 1. The van der Waals surface area contributed by atoms with Crippen molar-refractivity contribution >= 4 is 5.91 Å². The molecule has 1 aromatic rings. The smallest absolute Gasteiger partial charge is 0.248 e. The van der Waals surface area contributed by atoms with Crippen LogP contribution < -0.4 is 5.73 Å².